The summed E-state index contributed by atoms with van der Waals surface area (Å²) in [7, 11) is 0. The lowest BCUT2D eigenvalue weighted by Gasteiger charge is -2.25. The van der Waals surface area contributed by atoms with E-state index in [0.29, 0.717) is 18.8 Å². The second-order valence-electron chi connectivity index (χ2n) is 4.98. The van der Waals surface area contributed by atoms with Gasteiger partial charge < -0.3 is 15.8 Å². The summed E-state index contributed by atoms with van der Waals surface area (Å²) < 4.78 is 5.77. The van der Waals surface area contributed by atoms with E-state index in [9.17, 15) is 0 Å². The van der Waals surface area contributed by atoms with Gasteiger partial charge in [-0.3, -0.25) is 0 Å². The van der Waals surface area contributed by atoms with Crippen LogP contribution in [0.4, 0.5) is 0 Å². The van der Waals surface area contributed by atoms with Gasteiger partial charge in [0.2, 0.25) is 0 Å². The molecular weight excluding hydrogens is 188 g/mol. The van der Waals surface area contributed by atoms with Crippen molar-refractivity contribution in [2.45, 2.75) is 50.7 Å². The maximum Gasteiger partial charge on any atom is 0.0704 e. The maximum atomic E-state index is 5.77. The molecule has 0 aromatic heterocycles. The first kappa shape index (κ1) is 11.4. The van der Waals surface area contributed by atoms with E-state index in [-0.39, 0.29) is 0 Å². The van der Waals surface area contributed by atoms with Crippen molar-refractivity contribution in [1.82, 2.24) is 5.32 Å². The molecule has 3 N–H and O–H groups in total. The van der Waals surface area contributed by atoms with Gasteiger partial charge in [-0.1, -0.05) is 19.3 Å². The Labute approximate surface area is 92.7 Å². The summed E-state index contributed by atoms with van der Waals surface area (Å²) in [6, 6.07) is 0. The largest absolute Gasteiger partial charge is 0.372 e. The van der Waals surface area contributed by atoms with Crippen molar-refractivity contribution < 1.29 is 4.74 Å². The van der Waals surface area contributed by atoms with E-state index in [2.05, 4.69) is 5.32 Å². The maximum absolute atomic E-state index is 5.77. The molecule has 15 heavy (non-hydrogen) atoms. The van der Waals surface area contributed by atoms with Crippen molar-refractivity contribution in [3.63, 3.8) is 0 Å². The van der Waals surface area contributed by atoms with E-state index >= 15 is 0 Å². The lowest BCUT2D eigenvalue weighted by atomic mass is 9.83. The molecule has 0 amide bonds. The second-order valence-corrected chi connectivity index (χ2v) is 4.98. The first-order valence-electron chi connectivity index (χ1n) is 6.44. The Morgan fingerprint density at radius 3 is 2.53 bits per heavy atom. The van der Waals surface area contributed by atoms with Gasteiger partial charge in [-0.25, -0.2) is 0 Å². The lowest BCUT2D eigenvalue weighted by Crippen LogP contribution is -2.30. The van der Waals surface area contributed by atoms with Crippen molar-refractivity contribution in [3.05, 3.63) is 0 Å². The van der Waals surface area contributed by atoms with E-state index in [0.717, 1.165) is 25.4 Å². The third-order valence-corrected chi connectivity index (χ3v) is 3.78. The molecule has 2 atom stereocenters. The summed E-state index contributed by atoms with van der Waals surface area (Å²) in [5.74, 6) is 1.01. The Kier molecular flexibility index (Phi) is 4.42. The minimum Gasteiger partial charge on any atom is -0.372 e. The van der Waals surface area contributed by atoms with Gasteiger partial charge in [0, 0.05) is 13.1 Å². The Balaban J connectivity index is 1.47. The fourth-order valence-corrected chi connectivity index (χ4v) is 2.45. The Bertz CT molecular complexity index is 182. The molecule has 2 rings (SSSR count). The zero-order chi connectivity index (χ0) is 10.5. The van der Waals surface area contributed by atoms with Gasteiger partial charge in [0.25, 0.3) is 0 Å². The molecule has 2 aliphatic rings. The Morgan fingerprint density at radius 2 is 1.93 bits per heavy atom. The van der Waals surface area contributed by atoms with Crippen LogP contribution in [0.3, 0.4) is 0 Å². The molecular formula is C12H24N2O. The molecule has 0 aromatic rings. The van der Waals surface area contributed by atoms with Crippen LogP contribution in [-0.4, -0.2) is 31.8 Å². The summed E-state index contributed by atoms with van der Waals surface area (Å²) in [5.41, 5.74) is 5.57. The predicted molar refractivity (Wildman–Crippen MR) is 61.8 cm³/mol. The average Bonchev–Trinajstić information content (AvgIpc) is 2.62. The van der Waals surface area contributed by atoms with Crippen molar-refractivity contribution >= 4 is 0 Å². The molecule has 1 aliphatic heterocycles. The molecule has 2 unspecified atom stereocenters. The highest BCUT2D eigenvalue weighted by Gasteiger charge is 2.23. The van der Waals surface area contributed by atoms with Crippen LogP contribution in [0.2, 0.25) is 0 Å². The van der Waals surface area contributed by atoms with E-state index < -0.39 is 0 Å². The van der Waals surface area contributed by atoms with Crippen LogP contribution < -0.4 is 11.1 Å². The Hall–Kier alpha value is -0.120. The van der Waals surface area contributed by atoms with Crippen LogP contribution in [0, 0.1) is 5.92 Å². The molecule has 2 fully saturated rings. The minimum absolute atomic E-state index is 0.323. The zero-order valence-electron chi connectivity index (χ0n) is 9.58. The molecule has 1 aliphatic carbocycles. The van der Waals surface area contributed by atoms with E-state index in [1.165, 1.54) is 32.1 Å². The highest BCUT2D eigenvalue weighted by Crippen LogP contribution is 2.28. The summed E-state index contributed by atoms with van der Waals surface area (Å²) in [6.45, 7) is 2.86. The molecule has 3 nitrogen and oxygen atoms in total. The highest BCUT2D eigenvalue weighted by atomic mass is 16.5. The molecule has 0 radical (unpaired) electrons. The molecule has 0 spiro atoms. The number of hydrogen-bond donors (Lipinski definition) is 2. The van der Waals surface area contributed by atoms with Crippen molar-refractivity contribution in [3.8, 4) is 0 Å². The predicted octanol–water partition coefficient (Wildman–Crippen LogP) is 1.27. The molecule has 1 heterocycles. The fourth-order valence-electron chi connectivity index (χ4n) is 2.45. The van der Waals surface area contributed by atoms with Crippen LogP contribution in [0.1, 0.15) is 38.5 Å². The van der Waals surface area contributed by atoms with Crippen molar-refractivity contribution in [1.29, 1.82) is 0 Å². The SMILES string of the molecule is NCC1CCC(CNCCC2CCC2)O1. The molecule has 1 saturated carbocycles. The quantitative estimate of drug-likeness (QED) is 0.652. The molecule has 88 valence electrons. The smallest absolute Gasteiger partial charge is 0.0704 e. The van der Waals surface area contributed by atoms with E-state index in [1.807, 2.05) is 0 Å². The first-order chi connectivity index (χ1) is 7.38. The number of rotatable bonds is 6. The summed E-state index contributed by atoms with van der Waals surface area (Å²) in [6.07, 6.45) is 8.78. The first-order valence-corrected chi connectivity index (χ1v) is 6.44. The summed E-state index contributed by atoms with van der Waals surface area (Å²) >= 11 is 0. The minimum atomic E-state index is 0.323. The monoisotopic (exact) mass is 212 g/mol. The topological polar surface area (TPSA) is 47.3 Å². The van der Waals surface area contributed by atoms with Gasteiger partial charge in [0.05, 0.1) is 12.2 Å². The third kappa shape index (κ3) is 3.44. The second kappa shape index (κ2) is 5.83. The normalized spacial score (nSPS) is 31.8. The van der Waals surface area contributed by atoms with Gasteiger partial charge in [-0.2, -0.15) is 0 Å². The average molecular weight is 212 g/mol. The highest BCUT2D eigenvalue weighted by molar-refractivity contribution is 4.76. The number of nitrogens with one attached hydrogen (secondary N) is 1. The van der Waals surface area contributed by atoms with Crippen molar-refractivity contribution in [2.24, 2.45) is 11.7 Å². The number of nitrogens with two attached hydrogens (primary N) is 1. The van der Waals surface area contributed by atoms with E-state index in [4.69, 9.17) is 10.5 Å². The van der Waals surface area contributed by atoms with Gasteiger partial charge in [-0.15, -0.1) is 0 Å². The van der Waals surface area contributed by atoms with Crippen LogP contribution in [0.15, 0.2) is 0 Å². The van der Waals surface area contributed by atoms with Crippen LogP contribution in [0.25, 0.3) is 0 Å². The fraction of sp³-hybridized carbons (Fsp3) is 1.00. The third-order valence-electron chi connectivity index (χ3n) is 3.78. The number of hydrogen-bond acceptors (Lipinski definition) is 3. The molecule has 1 saturated heterocycles. The van der Waals surface area contributed by atoms with Crippen molar-refractivity contribution in [2.75, 3.05) is 19.6 Å². The van der Waals surface area contributed by atoms with Gasteiger partial charge in [0.1, 0.15) is 0 Å². The summed E-state index contributed by atoms with van der Waals surface area (Å²) in [4.78, 5) is 0. The van der Waals surface area contributed by atoms with Crippen LogP contribution in [0.5, 0.6) is 0 Å². The molecule has 0 aromatic carbocycles. The molecule has 0 bridgehead atoms. The van der Waals surface area contributed by atoms with E-state index in [1.54, 1.807) is 0 Å². The van der Waals surface area contributed by atoms with Gasteiger partial charge in [-0.05, 0) is 31.7 Å². The van der Waals surface area contributed by atoms with Crippen LogP contribution >= 0.6 is 0 Å². The number of ether oxygens (including phenoxy) is 1. The van der Waals surface area contributed by atoms with Crippen LogP contribution in [-0.2, 0) is 4.74 Å². The molecule has 3 heteroatoms. The zero-order valence-corrected chi connectivity index (χ0v) is 9.58. The van der Waals surface area contributed by atoms with Gasteiger partial charge >= 0.3 is 0 Å². The standard InChI is InChI=1S/C12H24N2O/c13-8-11-4-5-12(15-11)9-14-7-6-10-2-1-3-10/h10-12,14H,1-9,13H2. The summed E-state index contributed by atoms with van der Waals surface area (Å²) in [5, 5.41) is 3.51. The Morgan fingerprint density at radius 1 is 1.13 bits per heavy atom. The van der Waals surface area contributed by atoms with Gasteiger partial charge in [0.15, 0.2) is 0 Å². The lowest BCUT2D eigenvalue weighted by molar-refractivity contribution is 0.0502.